The molecule has 0 radical (unpaired) electrons. The number of rotatable bonds is 4. The molecule has 3 heteroatoms. The average molecular weight is 288 g/mol. The number of carbonyl (C=O) groups is 1. The summed E-state index contributed by atoms with van der Waals surface area (Å²) < 4.78 is 0. The quantitative estimate of drug-likeness (QED) is 0.907. The van der Waals surface area contributed by atoms with Gasteiger partial charge in [0.2, 0.25) is 5.91 Å². The van der Waals surface area contributed by atoms with E-state index >= 15 is 0 Å². The van der Waals surface area contributed by atoms with Gasteiger partial charge in [0.25, 0.3) is 0 Å². The predicted molar refractivity (Wildman–Crippen MR) is 82.8 cm³/mol. The first kappa shape index (κ1) is 14.6. The molecule has 1 N–H and O–H groups in total. The fourth-order valence-corrected chi connectivity index (χ4v) is 2.25. The van der Waals surface area contributed by atoms with Crippen LogP contribution >= 0.6 is 11.6 Å². The Kier molecular flexibility index (Phi) is 4.46. The fraction of sp³-hybridized carbons (Fsp3) is 0.235. The van der Waals surface area contributed by atoms with E-state index in [1.807, 2.05) is 68.4 Å². The van der Waals surface area contributed by atoms with Crippen LogP contribution in [0, 0.1) is 0 Å². The number of amides is 1. The third-order valence-corrected chi connectivity index (χ3v) is 3.64. The summed E-state index contributed by atoms with van der Waals surface area (Å²) in [6.07, 6.45) is 0. The lowest BCUT2D eigenvalue weighted by Crippen LogP contribution is -2.39. The highest BCUT2D eigenvalue weighted by Gasteiger charge is 2.29. The standard InChI is InChI=1S/C17H18ClNO/c1-17(2,14-8-4-3-5-9-14)16(20)19-12-13-7-6-10-15(18)11-13/h3-11H,12H2,1-2H3,(H,19,20). The Morgan fingerprint density at radius 3 is 2.45 bits per heavy atom. The van der Waals surface area contributed by atoms with Crippen molar-refractivity contribution in [1.82, 2.24) is 5.32 Å². The molecule has 0 saturated carbocycles. The van der Waals surface area contributed by atoms with Crippen LogP contribution in [-0.2, 0) is 16.8 Å². The first-order chi connectivity index (χ1) is 9.50. The Morgan fingerprint density at radius 2 is 1.80 bits per heavy atom. The van der Waals surface area contributed by atoms with Gasteiger partial charge >= 0.3 is 0 Å². The molecule has 20 heavy (non-hydrogen) atoms. The second-order valence-electron chi connectivity index (χ2n) is 5.30. The van der Waals surface area contributed by atoms with Crippen molar-refractivity contribution in [2.45, 2.75) is 25.8 Å². The van der Waals surface area contributed by atoms with Crippen molar-refractivity contribution in [1.29, 1.82) is 0 Å². The minimum absolute atomic E-state index is 0.00340. The molecule has 0 unspecified atom stereocenters. The minimum Gasteiger partial charge on any atom is -0.351 e. The van der Waals surface area contributed by atoms with Gasteiger partial charge in [0.1, 0.15) is 0 Å². The molecule has 0 saturated heterocycles. The van der Waals surface area contributed by atoms with E-state index in [1.165, 1.54) is 0 Å². The van der Waals surface area contributed by atoms with Crippen molar-refractivity contribution < 1.29 is 4.79 Å². The average Bonchev–Trinajstić information content (AvgIpc) is 2.45. The Hall–Kier alpha value is -1.80. The van der Waals surface area contributed by atoms with Gasteiger partial charge in [0, 0.05) is 11.6 Å². The van der Waals surface area contributed by atoms with Crippen molar-refractivity contribution in [2.75, 3.05) is 0 Å². The molecule has 2 aromatic carbocycles. The molecule has 0 aliphatic heterocycles. The summed E-state index contributed by atoms with van der Waals surface area (Å²) in [5.41, 5.74) is 1.44. The molecule has 0 aliphatic carbocycles. The Balaban J connectivity index is 2.05. The van der Waals surface area contributed by atoms with Crippen LogP contribution in [0.1, 0.15) is 25.0 Å². The summed E-state index contributed by atoms with van der Waals surface area (Å²) in [6.45, 7) is 4.33. The topological polar surface area (TPSA) is 29.1 Å². The summed E-state index contributed by atoms with van der Waals surface area (Å²) >= 11 is 5.93. The second kappa shape index (κ2) is 6.10. The van der Waals surface area contributed by atoms with E-state index in [4.69, 9.17) is 11.6 Å². The number of hydrogen-bond donors (Lipinski definition) is 1. The highest BCUT2D eigenvalue weighted by atomic mass is 35.5. The first-order valence-electron chi connectivity index (χ1n) is 6.58. The molecule has 0 aromatic heterocycles. The van der Waals surface area contributed by atoms with Crippen molar-refractivity contribution >= 4 is 17.5 Å². The van der Waals surface area contributed by atoms with Crippen molar-refractivity contribution in [3.8, 4) is 0 Å². The molecule has 0 spiro atoms. The van der Waals surface area contributed by atoms with E-state index in [2.05, 4.69) is 5.32 Å². The zero-order chi connectivity index (χ0) is 14.6. The van der Waals surface area contributed by atoms with Gasteiger partial charge in [0.05, 0.1) is 5.41 Å². The molecular formula is C17H18ClNO. The minimum atomic E-state index is -0.556. The maximum atomic E-state index is 12.4. The first-order valence-corrected chi connectivity index (χ1v) is 6.96. The number of benzene rings is 2. The molecule has 1 amide bonds. The number of halogens is 1. The normalized spacial score (nSPS) is 11.2. The summed E-state index contributed by atoms with van der Waals surface area (Å²) in [7, 11) is 0. The molecular weight excluding hydrogens is 270 g/mol. The largest absolute Gasteiger partial charge is 0.351 e. The van der Waals surface area contributed by atoms with E-state index in [0.29, 0.717) is 11.6 Å². The third kappa shape index (κ3) is 3.40. The Bertz CT molecular complexity index is 593. The van der Waals surface area contributed by atoms with Crippen LogP contribution in [0.15, 0.2) is 54.6 Å². The lowest BCUT2D eigenvalue weighted by molar-refractivity contribution is -0.125. The second-order valence-corrected chi connectivity index (χ2v) is 5.74. The van der Waals surface area contributed by atoms with E-state index in [1.54, 1.807) is 0 Å². The number of nitrogens with one attached hydrogen (secondary N) is 1. The molecule has 2 aromatic rings. The van der Waals surface area contributed by atoms with Gasteiger partial charge < -0.3 is 5.32 Å². The Labute approximate surface area is 124 Å². The van der Waals surface area contributed by atoms with Crippen LogP contribution in [0.2, 0.25) is 5.02 Å². The predicted octanol–water partition coefficient (Wildman–Crippen LogP) is 3.93. The van der Waals surface area contributed by atoms with Crippen LogP contribution < -0.4 is 5.32 Å². The highest BCUT2D eigenvalue weighted by molar-refractivity contribution is 6.30. The van der Waals surface area contributed by atoms with Crippen molar-refractivity contribution in [2.24, 2.45) is 0 Å². The molecule has 0 aliphatic rings. The lowest BCUT2D eigenvalue weighted by Gasteiger charge is -2.24. The maximum absolute atomic E-state index is 12.4. The van der Waals surface area contributed by atoms with Gasteiger partial charge in [-0.3, -0.25) is 4.79 Å². The summed E-state index contributed by atoms with van der Waals surface area (Å²) in [6, 6.07) is 17.3. The number of carbonyl (C=O) groups excluding carboxylic acids is 1. The smallest absolute Gasteiger partial charge is 0.230 e. The zero-order valence-corrected chi connectivity index (χ0v) is 12.4. The van der Waals surface area contributed by atoms with Gasteiger partial charge in [0.15, 0.2) is 0 Å². The molecule has 2 nitrogen and oxygen atoms in total. The van der Waals surface area contributed by atoms with Gasteiger partial charge in [-0.15, -0.1) is 0 Å². The van der Waals surface area contributed by atoms with Crippen LogP contribution in [-0.4, -0.2) is 5.91 Å². The molecule has 0 fully saturated rings. The van der Waals surface area contributed by atoms with E-state index in [9.17, 15) is 4.79 Å². The van der Waals surface area contributed by atoms with E-state index in [0.717, 1.165) is 11.1 Å². The lowest BCUT2D eigenvalue weighted by atomic mass is 9.84. The van der Waals surface area contributed by atoms with E-state index < -0.39 is 5.41 Å². The molecule has 0 bridgehead atoms. The molecule has 0 atom stereocenters. The van der Waals surface area contributed by atoms with Crippen LogP contribution in [0.25, 0.3) is 0 Å². The molecule has 104 valence electrons. The van der Waals surface area contributed by atoms with Gasteiger partial charge in [-0.2, -0.15) is 0 Å². The van der Waals surface area contributed by atoms with Crippen LogP contribution in [0.5, 0.6) is 0 Å². The monoisotopic (exact) mass is 287 g/mol. The molecule has 0 heterocycles. The fourth-order valence-electron chi connectivity index (χ4n) is 2.04. The third-order valence-electron chi connectivity index (χ3n) is 3.41. The summed E-state index contributed by atoms with van der Waals surface area (Å²) in [5, 5.41) is 3.65. The Morgan fingerprint density at radius 1 is 1.10 bits per heavy atom. The SMILES string of the molecule is CC(C)(C(=O)NCc1cccc(Cl)c1)c1ccccc1. The van der Waals surface area contributed by atoms with E-state index in [-0.39, 0.29) is 5.91 Å². The highest BCUT2D eigenvalue weighted by Crippen LogP contribution is 2.23. The van der Waals surface area contributed by atoms with Gasteiger partial charge in [-0.05, 0) is 37.1 Å². The zero-order valence-electron chi connectivity index (χ0n) is 11.7. The maximum Gasteiger partial charge on any atom is 0.230 e. The summed E-state index contributed by atoms with van der Waals surface area (Å²) in [5.74, 6) is 0.00340. The van der Waals surface area contributed by atoms with Gasteiger partial charge in [-0.1, -0.05) is 54.1 Å². The van der Waals surface area contributed by atoms with Crippen molar-refractivity contribution in [3.05, 3.63) is 70.7 Å². The van der Waals surface area contributed by atoms with Crippen LogP contribution in [0.3, 0.4) is 0 Å². The number of hydrogen-bond acceptors (Lipinski definition) is 1. The summed E-state index contributed by atoms with van der Waals surface area (Å²) in [4.78, 5) is 12.4. The van der Waals surface area contributed by atoms with Crippen LogP contribution in [0.4, 0.5) is 0 Å². The molecule has 2 rings (SSSR count). The van der Waals surface area contributed by atoms with Gasteiger partial charge in [-0.25, -0.2) is 0 Å². The van der Waals surface area contributed by atoms with Crippen molar-refractivity contribution in [3.63, 3.8) is 0 Å².